The molecule has 0 unspecified atom stereocenters. The number of rotatable bonds is 4. The molecular formula is C18H20N2OS. The van der Waals surface area contributed by atoms with Crippen LogP contribution in [0.3, 0.4) is 0 Å². The van der Waals surface area contributed by atoms with Crippen LogP contribution in [0.15, 0.2) is 24.3 Å². The Balaban J connectivity index is 2.18. The lowest BCUT2D eigenvalue weighted by Gasteiger charge is -2.06. The van der Waals surface area contributed by atoms with Crippen LogP contribution in [0.1, 0.15) is 53.3 Å². The first-order valence-corrected chi connectivity index (χ1v) is 8.44. The third-order valence-corrected chi connectivity index (χ3v) is 5.10. The van der Waals surface area contributed by atoms with Gasteiger partial charge in [-0.3, -0.25) is 9.20 Å². The minimum atomic E-state index is 0.499. The van der Waals surface area contributed by atoms with Crippen LogP contribution >= 0.6 is 11.3 Å². The minimum Gasteiger partial charge on any atom is -0.296 e. The molecule has 0 aliphatic carbocycles. The Hall–Kier alpha value is -1.94. The highest BCUT2D eigenvalue weighted by molar-refractivity contribution is 7.17. The maximum Gasteiger partial charge on any atom is 0.195 e. The van der Waals surface area contributed by atoms with Crippen LogP contribution in [-0.4, -0.2) is 15.7 Å². The lowest BCUT2D eigenvalue weighted by Crippen LogP contribution is -1.97. The van der Waals surface area contributed by atoms with E-state index < -0.39 is 0 Å². The van der Waals surface area contributed by atoms with Crippen molar-refractivity contribution < 1.29 is 4.79 Å². The summed E-state index contributed by atoms with van der Waals surface area (Å²) in [4.78, 5) is 18.5. The molecule has 0 bridgehead atoms. The third kappa shape index (κ3) is 2.28. The number of aldehydes is 1. The Morgan fingerprint density at radius 3 is 2.50 bits per heavy atom. The second kappa shape index (κ2) is 5.69. The molecule has 0 aliphatic rings. The molecule has 0 saturated heterocycles. The number of imidazole rings is 1. The van der Waals surface area contributed by atoms with Crippen molar-refractivity contribution >= 4 is 22.6 Å². The van der Waals surface area contributed by atoms with E-state index in [1.807, 2.05) is 4.40 Å². The molecule has 3 aromatic rings. The van der Waals surface area contributed by atoms with Crippen LogP contribution in [0.25, 0.3) is 16.2 Å². The molecule has 0 aliphatic heterocycles. The summed E-state index contributed by atoms with van der Waals surface area (Å²) in [6.07, 6.45) is 1.83. The first-order valence-electron chi connectivity index (χ1n) is 7.63. The number of hydrogen-bond donors (Lipinski definition) is 0. The summed E-state index contributed by atoms with van der Waals surface area (Å²) in [5, 5.41) is 0. The fourth-order valence-electron chi connectivity index (χ4n) is 2.85. The van der Waals surface area contributed by atoms with Crippen molar-refractivity contribution in [3.8, 4) is 11.3 Å². The second-order valence-electron chi connectivity index (χ2n) is 5.82. The number of aromatic nitrogens is 2. The van der Waals surface area contributed by atoms with Crippen LogP contribution < -0.4 is 0 Å². The summed E-state index contributed by atoms with van der Waals surface area (Å²) >= 11 is 1.65. The Morgan fingerprint density at radius 2 is 1.95 bits per heavy atom. The molecule has 0 atom stereocenters. The number of carbonyl (C=O) groups is 1. The first kappa shape index (κ1) is 15.0. The van der Waals surface area contributed by atoms with Gasteiger partial charge in [0.25, 0.3) is 0 Å². The molecule has 114 valence electrons. The largest absolute Gasteiger partial charge is 0.296 e. The zero-order valence-corrected chi connectivity index (χ0v) is 14.2. The standard InChI is InChI=1S/C18H20N2OS/c1-5-15-12(4)22-18-19-17(16(10-21)20(15)18)14-8-6-13(7-9-14)11(2)3/h6-11H,5H2,1-4H3. The van der Waals surface area contributed by atoms with E-state index in [0.717, 1.165) is 28.9 Å². The Morgan fingerprint density at radius 1 is 1.27 bits per heavy atom. The minimum absolute atomic E-state index is 0.499. The van der Waals surface area contributed by atoms with E-state index in [1.54, 1.807) is 11.3 Å². The predicted molar refractivity (Wildman–Crippen MR) is 92.1 cm³/mol. The number of thiazole rings is 1. The van der Waals surface area contributed by atoms with Crippen molar-refractivity contribution in [2.45, 2.75) is 40.0 Å². The quantitative estimate of drug-likeness (QED) is 0.644. The maximum absolute atomic E-state index is 11.7. The molecular weight excluding hydrogens is 292 g/mol. The van der Waals surface area contributed by atoms with Crippen LogP contribution in [0.2, 0.25) is 0 Å². The van der Waals surface area contributed by atoms with Gasteiger partial charge < -0.3 is 0 Å². The van der Waals surface area contributed by atoms with Gasteiger partial charge in [0.05, 0.1) is 0 Å². The summed E-state index contributed by atoms with van der Waals surface area (Å²) in [5.74, 6) is 0.499. The Bertz CT molecular complexity index is 825. The summed E-state index contributed by atoms with van der Waals surface area (Å²) in [6, 6.07) is 8.36. The van der Waals surface area contributed by atoms with Gasteiger partial charge in [-0.05, 0) is 24.8 Å². The second-order valence-corrected chi connectivity index (χ2v) is 7.00. The van der Waals surface area contributed by atoms with Crippen LogP contribution in [-0.2, 0) is 6.42 Å². The molecule has 2 heterocycles. The van der Waals surface area contributed by atoms with Gasteiger partial charge in [0.2, 0.25) is 0 Å². The van der Waals surface area contributed by atoms with E-state index in [4.69, 9.17) is 4.98 Å². The fourth-order valence-corrected chi connectivity index (χ4v) is 3.91. The van der Waals surface area contributed by atoms with Gasteiger partial charge >= 0.3 is 0 Å². The van der Waals surface area contributed by atoms with Crippen molar-refractivity contribution in [2.75, 3.05) is 0 Å². The zero-order valence-electron chi connectivity index (χ0n) is 13.4. The average Bonchev–Trinajstić information content (AvgIpc) is 3.01. The smallest absolute Gasteiger partial charge is 0.195 e. The topological polar surface area (TPSA) is 34.4 Å². The lowest BCUT2D eigenvalue weighted by molar-refractivity contribution is 0.111. The normalized spacial score (nSPS) is 11.5. The highest BCUT2D eigenvalue weighted by Crippen LogP contribution is 2.31. The molecule has 0 radical (unpaired) electrons. The highest BCUT2D eigenvalue weighted by atomic mass is 32.1. The predicted octanol–water partition coefficient (Wildman–Crippen LogP) is 4.87. The Labute approximate surface area is 134 Å². The van der Waals surface area contributed by atoms with Crippen molar-refractivity contribution in [3.05, 3.63) is 46.1 Å². The molecule has 0 saturated carbocycles. The van der Waals surface area contributed by atoms with E-state index in [1.165, 1.54) is 16.1 Å². The van der Waals surface area contributed by atoms with Crippen molar-refractivity contribution in [3.63, 3.8) is 0 Å². The monoisotopic (exact) mass is 312 g/mol. The maximum atomic E-state index is 11.7. The summed E-state index contributed by atoms with van der Waals surface area (Å²) in [5.41, 5.74) is 4.92. The molecule has 0 amide bonds. The van der Waals surface area contributed by atoms with Gasteiger partial charge in [-0.15, -0.1) is 11.3 Å². The van der Waals surface area contributed by atoms with Crippen LogP contribution in [0.4, 0.5) is 0 Å². The SMILES string of the molecule is CCc1c(C)sc2nc(-c3ccc(C(C)C)cc3)c(C=O)n12. The van der Waals surface area contributed by atoms with Gasteiger partial charge in [0, 0.05) is 16.1 Å². The number of aryl methyl sites for hydroxylation is 2. The highest BCUT2D eigenvalue weighted by Gasteiger charge is 2.19. The molecule has 3 rings (SSSR count). The number of hydrogen-bond acceptors (Lipinski definition) is 3. The number of benzene rings is 1. The van der Waals surface area contributed by atoms with E-state index >= 15 is 0 Å². The first-order chi connectivity index (χ1) is 10.6. The van der Waals surface area contributed by atoms with Crippen LogP contribution in [0, 0.1) is 6.92 Å². The number of nitrogens with zero attached hydrogens (tertiary/aromatic N) is 2. The molecule has 0 fully saturated rings. The molecule has 2 aromatic heterocycles. The zero-order chi connectivity index (χ0) is 15.9. The molecule has 0 N–H and O–H groups in total. The van der Waals surface area contributed by atoms with E-state index in [-0.39, 0.29) is 0 Å². The van der Waals surface area contributed by atoms with Crippen molar-refractivity contribution in [2.24, 2.45) is 0 Å². The van der Waals surface area contributed by atoms with Gasteiger partial charge in [-0.25, -0.2) is 4.98 Å². The molecule has 4 heteroatoms. The van der Waals surface area contributed by atoms with Crippen LogP contribution in [0.5, 0.6) is 0 Å². The molecule has 22 heavy (non-hydrogen) atoms. The third-order valence-electron chi connectivity index (χ3n) is 4.10. The summed E-state index contributed by atoms with van der Waals surface area (Å²) in [7, 11) is 0. The lowest BCUT2D eigenvalue weighted by atomic mass is 10.0. The average molecular weight is 312 g/mol. The van der Waals surface area contributed by atoms with Gasteiger partial charge in [-0.2, -0.15) is 0 Å². The van der Waals surface area contributed by atoms with E-state index in [0.29, 0.717) is 11.6 Å². The van der Waals surface area contributed by atoms with Gasteiger partial charge in [-0.1, -0.05) is 45.0 Å². The van der Waals surface area contributed by atoms with Crippen molar-refractivity contribution in [1.82, 2.24) is 9.38 Å². The van der Waals surface area contributed by atoms with Gasteiger partial charge in [0.15, 0.2) is 11.2 Å². The number of fused-ring (bicyclic) bond motifs is 1. The Kier molecular flexibility index (Phi) is 3.87. The molecule has 3 nitrogen and oxygen atoms in total. The van der Waals surface area contributed by atoms with Gasteiger partial charge in [0.1, 0.15) is 11.4 Å². The van der Waals surface area contributed by atoms with E-state index in [9.17, 15) is 4.79 Å². The molecule has 0 spiro atoms. The fraction of sp³-hybridized carbons (Fsp3) is 0.333. The van der Waals surface area contributed by atoms with E-state index in [2.05, 4.69) is 52.0 Å². The van der Waals surface area contributed by atoms with Crippen molar-refractivity contribution in [1.29, 1.82) is 0 Å². The molecule has 1 aromatic carbocycles. The number of carbonyl (C=O) groups excluding carboxylic acids is 1. The summed E-state index contributed by atoms with van der Waals surface area (Å²) in [6.45, 7) is 8.55. The summed E-state index contributed by atoms with van der Waals surface area (Å²) < 4.78 is 2.01.